The molecule has 0 spiro atoms. The number of carbonyl (C=O) groups excluding carboxylic acids is 3. The summed E-state index contributed by atoms with van der Waals surface area (Å²) in [5.41, 5.74) is 3.73. The number of nitro groups is 1. The first-order valence-electron chi connectivity index (χ1n) is 10.5. The van der Waals surface area contributed by atoms with Crippen LogP contribution in [0.15, 0.2) is 54.7 Å². The molecule has 3 N–H and O–H groups in total. The molecule has 0 bridgehead atoms. The first kappa shape index (κ1) is 22.0. The number of urea groups is 1. The molecule has 2 aromatic carbocycles. The van der Waals surface area contributed by atoms with Crippen LogP contribution in [0.1, 0.15) is 30.9 Å². The quantitative estimate of drug-likeness (QED) is 0.276. The largest absolute Gasteiger partial charge is 0.361 e. The second-order valence-corrected chi connectivity index (χ2v) is 8.22. The van der Waals surface area contributed by atoms with Crippen LogP contribution in [0.25, 0.3) is 10.9 Å². The molecule has 3 aromatic rings. The molecule has 170 valence electrons. The summed E-state index contributed by atoms with van der Waals surface area (Å²) in [6.07, 6.45) is 2.95. The number of amides is 4. The lowest BCUT2D eigenvalue weighted by Gasteiger charge is -2.21. The minimum absolute atomic E-state index is 0.00651. The van der Waals surface area contributed by atoms with Crippen molar-refractivity contribution in [1.82, 2.24) is 20.7 Å². The Morgan fingerprint density at radius 3 is 2.64 bits per heavy atom. The summed E-state index contributed by atoms with van der Waals surface area (Å²) in [4.78, 5) is 51.3. The van der Waals surface area contributed by atoms with E-state index in [4.69, 9.17) is 0 Å². The molecule has 1 aromatic heterocycles. The maximum Gasteiger partial charge on any atom is 0.344 e. The number of nitrogens with zero attached hydrogens (tertiary/aromatic N) is 2. The van der Waals surface area contributed by atoms with Gasteiger partial charge in [-0.15, -0.1) is 0 Å². The Balaban J connectivity index is 1.37. The fourth-order valence-corrected chi connectivity index (χ4v) is 3.91. The van der Waals surface area contributed by atoms with E-state index >= 15 is 0 Å². The highest BCUT2D eigenvalue weighted by Gasteiger charge is 2.48. The fourth-order valence-electron chi connectivity index (χ4n) is 3.91. The third-order valence-corrected chi connectivity index (χ3v) is 5.84. The molecule has 10 heteroatoms. The van der Waals surface area contributed by atoms with E-state index in [1.807, 2.05) is 30.3 Å². The number of aromatic nitrogens is 1. The predicted octanol–water partition coefficient (Wildman–Crippen LogP) is 2.98. The van der Waals surface area contributed by atoms with E-state index < -0.39 is 28.3 Å². The number of benzene rings is 2. The van der Waals surface area contributed by atoms with Gasteiger partial charge in [0.2, 0.25) is 5.91 Å². The summed E-state index contributed by atoms with van der Waals surface area (Å²) in [7, 11) is 0. The molecule has 1 aliphatic rings. The number of aromatic amines is 1. The summed E-state index contributed by atoms with van der Waals surface area (Å²) in [6.45, 7) is 1.64. The SMILES string of the molecule is CC1(CCc2ccccc2)NC(=O)N(NC(=O)CCc2c[nH]c3ccc([N+](=O)[O-])cc23)C1=O. The van der Waals surface area contributed by atoms with Gasteiger partial charge in [0.05, 0.1) is 4.92 Å². The molecule has 0 saturated carbocycles. The van der Waals surface area contributed by atoms with Crippen molar-refractivity contribution in [1.29, 1.82) is 0 Å². The van der Waals surface area contributed by atoms with Crippen LogP contribution < -0.4 is 10.7 Å². The van der Waals surface area contributed by atoms with Gasteiger partial charge in [-0.2, -0.15) is 5.01 Å². The Hall–Kier alpha value is -4.21. The van der Waals surface area contributed by atoms with Crippen LogP contribution >= 0.6 is 0 Å². The van der Waals surface area contributed by atoms with Crippen molar-refractivity contribution >= 4 is 34.4 Å². The number of nitrogens with one attached hydrogen (secondary N) is 3. The number of imide groups is 1. The Bertz CT molecular complexity index is 1240. The molecular formula is C23H23N5O5. The van der Waals surface area contributed by atoms with Crippen LogP contribution in [0.2, 0.25) is 0 Å². The summed E-state index contributed by atoms with van der Waals surface area (Å²) in [5, 5.41) is 15.1. The predicted molar refractivity (Wildman–Crippen MR) is 120 cm³/mol. The number of hydrogen-bond acceptors (Lipinski definition) is 5. The third-order valence-electron chi connectivity index (χ3n) is 5.84. The Labute approximate surface area is 189 Å². The highest BCUT2D eigenvalue weighted by atomic mass is 16.6. The summed E-state index contributed by atoms with van der Waals surface area (Å²) < 4.78 is 0. The molecule has 1 unspecified atom stereocenters. The Morgan fingerprint density at radius 2 is 1.91 bits per heavy atom. The molecule has 0 radical (unpaired) electrons. The van der Waals surface area contributed by atoms with Crippen LogP contribution in [0.5, 0.6) is 0 Å². The molecule has 10 nitrogen and oxygen atoms in total. The van der Waals surface area contributed by atoms with E-state index in [1.165, 1.54) is 12.1 Å². The summed E-state index contributed by atoms with van der Waals surface area (Å²) in [5.74, 6) is -1.02. The zero-order valence-corrected chi connectivity index (χ0v) is 18.0. The van der Waals surface area contributed by atoms with E-state index in [0.29, 0.717) is 18.2 Å². The Kier molecular flexibility index (Phi) is 5.82. The molecule has 2 heterocycles. The standard InChI is InChI=1S/C23H23N5O5/c1-23(12-11-15-5-3-2-4-6-15)21(30)27(22(31)25-23)26-20(29)10-7-16-14-24-19-9-8-17(28(32)33)13-18(16)19/h2-6,8-9,13-14,24H,7,10-12H2,1H3,(H,25,31)(H,26,29). The number of fused-ring (bicyclic) bond motifs is 1. The zero-order chi connectivity index (χ0) is 23.6. The van der Waals surface area contributed by atoms with Gasteiger partial charge in [0.15, 0.2) is 0 Å². The van der Waals surface area contributed by atoms with Crippen LogP contribution in [-0.2, 0) is 22.4 Å². The van der Waals surface area contributed by atoms with Gasteiger partial charge < -0.3 is 10.3 Å². The van der Waals surface area contributed by atoms with E-state index in [1.54, 1.807) is 19.2 Å². The number of carbonyl (C=O) groups is 3. The number of hydrazine groups is 1. The van der Waals surface area contributed by atoms with Gasteiger partial charge >= 0.3 is 6.03 Å². The molecule has 33 heavy (non-hydrogen) atoms. The van der Waals surface area contributed by atoms with E-state index in [9.17, 15) is 24.5 Å². The molecule has 4 rings (SSSR count). The third kappa shape index (κ3) is 4.54. The highest BCUT2D eigenvalue weighted by molar-refractivity contribution is 6.07. The molecule has 1 fully saturated rings. The van der Waals surface area contributed by atoms with Crippen LogP contribution in [0.3, 0.4) is 0 Å². The van der Waals surface area contributed by atoms with Crippen molar-refractivity contribution in [3.05, 3.63) is 76.0 Å². The number of rotatable bonds is 8. The van der Waals surface area contributed by atoms with Crippen molar-refractivity contribution in [2.75, 3.05) is 0 Å². The number of H-pyrrole nitrogens is 1. The lowest BCUT2D eigenvalue weighted by molar-refractivity contribution is -0.384. The van der Waals surface area contributed by atoms with Crippen molar-refractivity contribution < 1.29 is 19.3 Å². The van der Waals surface area contributed by atoms with Crippen molar-refractivity contribution in [2.45, 2.75) is 38.1 Å². The monoisotopic (exact) mass is 449 g/mol. The topological polar surface area (TPSA) is 137 Å². The van der Waals surface area contributed by atoms with Gasteiger partial charge in [-0.3, -0.25) is 25.1 Å². The van der Waals surface area contributed by atoms with E-state index in [2.05, 4.69) is 15.7 Å². The first-order chi connectivity index (χ1) is 15.8. The van der Waals surface area contributed by atoms with Gasteiger partial charge in [0, 0.05) is 35.7 Å². The minimum Gasteiger partial charge on any atom is -0.361 e. The Morgan fingerprint density at radius 1 is 1.15 bits per heavy atom. The minimum atomic E-state index is -1.12. The zero-order valence-electron chi connectivity index (χ0n) is 18.0. The van der Waals surface area contributed by atoms with Crippen LogP contribution in [0, 0.1) is 10.1 Å². The van der Waals surface area contributed by atoms with Crippen molar-refractivity contribution in [3.8, 4) is 0 Å². The van der Waals surface area contributed by atoms with Gasteiger partial charge in [-0.1, -0.05) is 30.3 Å². The van der Waals surface area contributed by atoms with Crippen molar-refractivity contribution in [3.63, 3.8) is 0 Å². The van der Waals surface area contributed by atoms with E-state index in [0.717, 1.165) is 21.7 Å². The van der Waals surface area contributed by atoms with Crippen LogP contribution in [-0.4, -0.2) is 38.3 Å². The van der Waals surface area contributed by atoms with Gasteiger partial charge in [-0.25, -0.2) is 4.79 Å². The smallest absolute Gasteiger partial charge is 0.344 e. The lowest BCUT2D eigenvalue weighted by atomic mass is 9.93. The normalized spacial score (nSPS) is 17.9. The molecular weight excluding hydrogens is 426 g/mol. The average molecular weight is 449 g/mol. The number of nitro benzene ring substituents is 1. The van der Waals surface area contributed by atoms with Gasteiger partial charge in [0.25, 0.3) is 11.6 Å². The summed E-state index contributed by atoms with van der Waals surface area (Å²) in [6, 6.07) is 13.4. The molecule has 0 aliphatic carbocycles. The molecule has 1 aliphatic heterocycles. The fraction of sp³-hybridized carbons (Fsp3) is 0.261. The van der Waals surface area contributed by atoms with Gasteiger partial charge in [0.1, 0.15) is 5.54 Å². The molecule has 4 amide bonds. The second-order valence-electron chi connectivity index (χ2n) is 8.22. The molecule has 1 saturated heterocycles. The number of hydrogen-bond donors (Lipinski definition) is 3. The van der Waals surface area contributed by atoms with Crippen LogP contribution in [0.4, 0.5) is 10.5 Å². The lowest BCUT2D eigenvalue weighted by Crippen LogP contribution is -2.49. The average Bonchev–Trinajstić information content (AvgIpc) is 3.30. The first-order valence-corrected chi connectivity index (χ1v) is 10.5. The maximum absolute atomic E-state index is 12.9. The second kappa shape index (κ2) is 8.73. The number of aryl methyl sites for hydroxylation is 2. The van der Waals surface area contributed by atoms with E-state index in [-0.39, 0.29) is 18.5 Å². The summed E-state index contributed by atoms with van der Waals surface area (Å²) >= 11 is 0. The van der Waals surface area contributed by atoms with Crippen molar-refractivity contribution in [2.24, 2.45) is 0 Å². The maximum atomic E-state index is 12.9. The highest BCUT2D eigenvalue weighted by Crippen LogP contribution is 2.25. The number of non-ortho nitro benzene ring substituents is 1. The molecule has 1 atom stereocenters. The van der Waals surface area contributed by atoms with Gasteiger partial charge in [-0.05, 0) is 43.4 Å².